The molecule has 5 rings (SSSR count). The molecule has 0 amide bonds. The Hall–Kier alpha value is -3.07. The molecule has 1 N–H and O–H groups in total. The van der Waals surface area contributed by atoms with Crippen LogP contribution in [0.25, 0.3) is 16.3 Å². The lowest BCUT2D eigenvalue weighted by Gasteiger charge is -2.40. The van der Waals surface area contributed by atoms with Crippen LogP contribution in [0.2, 0.25) is 0 Å². The fourth-order valence-electron chi connectivity index (χ4n) is 5.18. The van der Waals surface area contributed by atoms with Crippen LogP contribution in [-0.2, 0) is 4.79 Å². The number of carbonyl (C=O) groups is 1. The van der Waals surface area contributed by atoms with Crippen LogP contribution in [-0.4, -0.2) is 12.4 Å². The maximum Gasteiger partial charge on any atom is 0.162 e. The highest BCUT2D eigenvalue weighted by atomic mass is 16.5. The number of unbranched alkanes of at least 4 members (excludes halogenated alkanes) is 1. The van der Waals surface area contributed by atoms with Gasteiger partial charge in [0.25, 0.3) is 0 Å². The van der Waals surface area contributed by atoms with Gasteiger partial charge in [-0.05, 0) is 58.4 Å². The Balaban J connectivity index is 1.61. The van der Waals surface area contributed by atoms with Crippen LogP contribution in [0.5, 0.6) is 5.75 Å². The minimum absolute atomic E-state index is 0.0387. The number of benzene rings is 3. The molecule has 2 aliphatic rings. The topological polar surface area (TPSA) is 38.3 Å². The second-order valence-electron chi connectivity index (χ2n) is 9.89. The lowest BCUT2D eigenvalue weighted by atomic mass is 9.68. The van der Waals surface area contributed by atoms with E-state index < -0.39 is 0 Å². The van der Waals surface area contributed by atoms with Crippen LogP contribution in [0.15, 0.2) is 66.2 Å². The predicted octanol–water partition coefficient (Wildman–Crippen LogP) is 7.33. The van der Waals surface area contributed by atoms with E-state index in [1.165, 1.54) is 21.9 Å². The zero-order chi connectivity index (χ0) is 22.3. The summed E-state index contributed by atoms with van der Waals surface area (Å²) >= 11 is 0. The first-order valence-corrected chi connectivity index (χ1v) is 11.7. The van der Waals surface area contributed by atoms with E-state index in [1.807, 2.05) is 12.1 Å². The molecule has 0 bridgehead atoms. The third-order valence-electron chi connectivity index (χ3n) is 6.72. The second kappa shape index (κ2) is 8.12. The number of allylic oxidation sites excluding steroid dienone is 1. The SMILES string of the molecule is CCCCOc1ccc([C@H]2Nc3ccc4ccccc4c3C3=C2C(=O)CC(C)(C)C3)cc1. The predicted molar refractivity (Wildman–Crippen MR) is 132 cm³/mol. The van der Waals surface area contributed by atoms with Gasteiger partial charge in [0.2, 0.25) is 0 Å². The van der Waals surface area contributed by atoms with E-state index in [2.05, 4.69) is 74.6 Å². The molecular formula is C29H31NO2. The van der Waals surface area contributed by atoms with Gasteiger partial charge in [0, 0.05) is 23.2 Å². The minimum atomic E-state index is -0.132. The van der Waals surface area contributed by atoms with Gasteiger partial charge in [-0.1, -0.05) is 69.7 Å². The van der Waals surface area contributed by atoms with Gasteiger partial charge in [-0.2, -0.15) is 0 Å². The van der Waals surface area contributed by atoms with E-state index in [4.69, 9.17) is 4.74 Å². The average Bonchev–Trinajstić information content (AvgIpc) is 2.78. The summed E-state index contributed by atoms with van der Waals surface area (Å²) in [6.07, 6.45) is 3.67. The number of ether oxygens (including phenoxy) is 1. The standard InChI is InChI=1S/C29H31NO2/c1-4-5-16-32-21-13-10-20(11-14-21)28-27-23(17-29(2,3)18-25(27)31)26-22-9-7-6-8-19(22)12-15-24(26)30-28/h6-15,28,30H,4-5,16-18H2,1-3H3/t28-/m1/s1. The van der Waals surface area contributed by atoms with Crippen LogP contribution in [0.3, 0.4) is 0 Å². The summed E-state index contributed by atoms with van der Waals surface area (Å²) in [5, 5.41) is 6.14. The van der Waals surface area contributed by atoms with Gasteiger partial charge < -0.3 is 10.1 Å². The molecule has 0 spiro atoms. The Morgan fingerprint density at radius 1 is 1.00 bits per heavy atom. The Labute approximate surface area is 190 Å². The van der Waals surface area contributed by atoms with Crippen molar-refractivity contribution in [3.8, 4) is 5.75 Å². The quantitative estimate of drug-likeness (QED) is 0.435. The molecule has 32 heavy (non-hydrogen) atoms. The smallest absolute Gasteiger partial charge is 0.162 e. The number of rotatable bonds is 5. The first kappa shape index (κ1) is 20.8. The van der Waals surface area contributed by atoms with Crippen molar-refractivity contribution in [2.24, 2.45) is 5.41 Å². The normalized spacial score (nSPS) is 19.3. The monoisotopic (exact) mass is 425 g/mol. The molecule has 0 saturated carbocycles. The van der Waals surface area contributed by atoms with Gasteiger partial charge in [0.05, 0.1) is 12.6 Å². The largest absolute Gasteiger partial charge is 0.494 e. The number of nitrogens with one attached hydrogen (secondary N) is 1. The summed E-state index contributed by atoms with van der Waals surface area (Å²) in [5.41, 5.74) is 5.53. The number of ketones is 1. The maximum atomic E-state index is 13.5. The Bertz CT molecular complexity index is 1200. The number of anilines is 1. The number of fused-ring (bicyclic) bond motifs is 4. The van der Waals surface area contributed by atoms with Crippen LogP contribution >= 0.6 is 0 Å². The third kappa shape index (κ3) is 3.70. The molecule has 0 fully saturated rings. The second-order valence-corrected chi connectivity index (χ2v) is 9.89. The lowest BCUT2D eigenvalue weighted by Crippen LogP contribution is -2.33. The van der Waals surface area contributed by atoms with Gasteiger partial charge in [0.1, 0.15) is 5.75 Å². The molecule has 3 heteroatoms. The zero-order valence-electron chi connectivity index (χ0n) is 19.2. The molecule has 0 unspecified atom stereocenters. The first-order chi connectivity index (χ1) is 15.5. The van der Waals surface area contributed by atoms with Crippen LogP contribution in [0.1, 0.15) is 63.6 Å². The maximum absolute atomic E-state index is 13.5. The van der Waals surface area contributed by atoms with Gasteiger partial charge in [-0.3, -0.25) is 4.79 Å². The molecule has 3 nitrogen and oxygen atoms in total. The molecule has 1 heterocycles. The summed E-state index contributed by atoms with van der Waals surface area (Å²) in [6.45, 7) is 7.31. The highest BCUT2D eigenvalue weighted by Gasteiger charge is 2.40. The summed E-state index contributed by atoms with van der Waals surface area (Å²) in [6, 6.07) is 20.9. The van der Waals surface area contributed by atoms with Crippen molar-refractivity contribution in [3.63, 3.8) is 0 Å². The molecule has 1 aliphatic heterocycles. The number of hydrogen-bond donors (Lipinski definition) is 1. The van der Waals surface area contributed by atoms with Crippen molar-refractivity contribution in [2.75, 3.05) is 11.9 Å². The summed E-state index contributed by atoms with van der Waals surface area (Å²) in [7, 11) is 0. The number of Topliss-reactive ketones (excluding diaryl/α,β-unsaturated/α-hetero) is 1. The molecule has 0 saturated heterocycles. The Kier molecular flexibility index (Phi) is 5.28. The van der Waals surface area contributed by atoms with Crippen molar-refractivity contribution >= 4 is 27.8 Å². The molecule has 164 valence electrons. The average molecular weight is 426 g/mol. The van der Waals surface area contributed by atoms with Gasteiger partial charge in [-0.25, -0.2) is 0 Å². The molecule has 3 aromatic carbocycles. The van der Waals surface area contributed by atoms with E-state index in [0.29, 0.717) is 6.42 Å². The third-order valence-corrected chi connectivity index (χ3v) is 6.72. The Morgan fingerprint density at radius 2 is 1.78 bits per heavy atom. The number of carbonyl (C=O) groups excluding carboxylic acids is 1. The minimum Gasteiger partial charge on any atom is -0.494 e. The van der Waals surface area contributed by atoms with Gasteiger partial charge >= 0.3 is 0 Å². The summed E-state index contributed by atoms with van der Waals surface area (Å²) < 4.78 is 5.85. The summed E-state index contributed by atoms with van der Waals surface area (Å²) in [4.78, 5) is 13.5. The van der Waals surface area contributed by atoms with Crippen LogP contribution in [0, 0.1) is 5.41 Å². The fraction of sp³-hybridized carbons (Fsp3) is 0.345. The zero-order valence-corrected chi connectivity index (χ0v) is 19.2. The van der Waals surface area contributed by atoms with Crippen molar-refractivity contribution in [2.45, 2.75) is 52.5 Å². The molecule has 0 aromatic heterocycles. The van der Waals surface area contributed by atoms with Gasteiger partial charge in [-0.15, -0.1) is 0 Å². The fourth-order valence-corrected chi connectivity index (χ4v) is 5.18. The highest BCUT2D eigenvalue weighted by Crippen LogP contribution is 2.52. The van der Waals surface area contributed by atoms with E-state index in [1.54, 1.807) is 0 Å². The van der Waals surface area contributed by atoms with Crippen molar-refractivity contribution in [3.05, 3.63) is 77.4 Å². The number of hydrogen-bond acceptors (Lipinski definition) is 3. The molecule has 0 radical (unpaired) electrons. The highest BCUT2D eigenvalue weighted by molar-refractivity contribution is 6.12. The van der Waals surface area contributed by atoms with Crippen LogP contribution in [0.4, 0.5) is 5.69 Å². The Morgan fingerprint density at radius 3 is 2.56 bits per heavy atom. The summed E-state index contributed by atoms with van der Waals surface area (Å²) in [5.74, 6) is 1.14. The van der Waals surface area contributed by atoms with E-state index in [-0.39, 0.29) is 17.2 Å². The van der Waals surface area contributed by atoms with Crippen molar-refractivity contribution in [1.29, 1.82) is 0 Å². The van der Waals surface area contributed by atoms with Gasteiger partial charge in [0.15, 0.2) is 5.78 Å². The van der Waals surface area contributed by atoms with Crippen molar-refractivity contribution in [1.82, 2.24) is 0 Å². The van der Waals surface area contributed by atoms with E-state index >= 15 is 0 Å². The van der Waals surface area contributed by atoms with E-state index in [9.17, 15) is 4.79 Å². The van der Waals surface area contributed by atoms with Crippen LogP contribution < -0.4 is 10.1 Å². The van der Waals surface area contributed by atoms with E-state index in [0.717, 1.165) is 48.4 Å². The molecule has 3 aromatic rings. The molecular weight excluding hydrogens is 394 g/mol. The first-order valence-electron chi connectivity index (χ1n) is 11.7. The molecule has 1 aliphatic carbocycles. The molecule has 1 atom stereocenters. The van der Waals surface area contributed by atoms with Crippen molar-refractivity contribution < 1.29 is 9.53 Å². The lowest BCUT2D eigenvalue weighted by molar-refractivity contribution is -0.118.